The van der Waals surface area contributed by atoms with Crippen molar-refractivity contribution in [2.75, 3.05) is 19.5 Å². The fraction of sp³-hybridized carbons (Fsp3) is 0.294. The van der Waals surface area contributed by atoms with Crippen LogP contribution in [0.25, 0.3) is 11.6 Å². The lowest BCUT2D eigenvalue weighted by Crippen LogP contribution is -2.12. The number of amides is 1. The fourth-order valence-electron chi connectivity index (χ4n) is 2.26. The molecule has 2 heterocycles. The summed E-state index contributed by atoms with van der Waals surface area (Å²) in [6.45, 7) is 4.03. The van der Waals surface area contributed by atoms with E-state index in [4.69, 9.17) is 13.9 Å². The van der Waals surface area contributed by atoms with E-state index in [1.807, 2.05) is 20.0 Å². The van der Waals surface area contributed by atoms with Crippen molar-refractivity contribution in [1.82, 2.24) is 20.0 Å². The molecule has 1 amide bonds. The summed E-state index contributed by atoms with van der Waals surface area (Å²) in [6.07, 6.45) is 1.83. The van der Waals surface area contributed by atoms with Crippen LogP contribution in [0.2, 0.25) is 0 Å². The highest BCUT2D eigenvalue weighted by Crippen LogP contribution is 2.28. The predicted octanol–water partition coefficient (Wildman–Crippen LogP) is 2.78. The first-order valence-electron chi connectivity index (χ1n) is 7.94. The Morgan fingerprint density at radius 3 is 2.58 bits per heavy atom. The van der Waals surface area contributed by atoms with Crippen LogP contribution >= 0.6 is 0 Å². The molecule has 136 valence electrons. The summed E-state index contributed by atoms with van der Waals surface area (Å²) in [5.41, 5.74) is 0.907. The number of aromatic nitrogens is 4. The maximum Gasteiger partial charge on any atom is 0.322 e. The van der Waals surface area contributed by atoms with Gasteiger partial charge in [0.25, 0.3) is 11.8 Å². The molecule has 0 aliphatic rings. The van der Waals surface area contributed by atoms with Crippen LogP contribution in [0, 0.1) is 0 Å². The molecular weight excluding hydrogens is 338 g/mol. The Bertz CT molecular complexity index is 916. The third kappa shape index (κ3) is 3.51. The van der Waals surface area contributed by atoms with Crippen LogP contribution in [0.4, 0.5) is 6.01 Å². The SMILES string of the molecule is COc1ccc(C(=O)Nc2nnc(-c3ccn(C(C)C)n3)o2)cc1OC. The van der Waals surface area contributed by atoms with Gasteiger partial charge >= 0.3 is 6.01 Å². The Morgan fingerprint density at radius 2 is 1.92 bits per heavy atom. The zero-order chi connectivity index (χ0) is 18.7. The number of nitrogens with one attached hydrogen (secondary N) is 1. The zero-order valence-electron chi connectivity index (χ0n) is 14.9. The largest absolute Gasteiger partial charge is 0.493 e. The topological polar surface area (TPSA) is 104 Å². The van der Waals surface area contributed by atoms with Gasteiger partial charge in [0.15, 0.2) is 11.5 Å². The van der Waals surface area contributed by atoms with Crippen molar-refractivity contribution in [2.24, 2.45) is 0 Å². The Hall–Kier alpha value is -3.36. The third-order valence-corrected chi connectivity index (χ3v) is 3.65. The van der Waals surface area contributed by atoms with E-state index >= 15 is 0 Å². The van der Waals surface area contributed by atoms with Crippen molar-refractivity contribution in [3.63, 3.8) is 0 Å². The molecule has 3 aromatic rings. The highest BCUT2D eigenvalue weighted by molar-refractivity contribution is 6.03. The number of hydrogen-bond donors (Lipinski definition) is 1. The number of carbonyl (C=O) groups is 1. The van der Waals surface area contributed by atoms with Crippen molar-refractivity contribution in [3.05, 3.63) is 36.0 Å². The average molecular weight is 357 g/mol. The molecule has 0 radical (unpaired) electrons. The summed E-state index contributed by atoms with van der Waals surface area (Å²) < 4.78 is 17.6. The van der Waals surface area contributed by atoms with E-state index in [0.717, 1.165) is 0 Å². The maximum atomic E-state index is 12.4. The van der Waals surface area contributed by atoms with Gasteiger partial charge in [-0.25, -0.2) is 0 Å². The van der Waals surface area contributed by atoms with Crippen LogP contribution < -0.4 is 14.8 Å². The van der Waals surface area contributed by atoms with E-state index in [9.17, 15) is 4.79 Å². The van der Waals surface area contributed by atoms with Gasteiger partial charge in [0.05, 0.1) is 14.2 Å². The van der Waals surface area contributed by atoms with Gasteiger partial charge in [0.2, 0.25) is 0 Å². The molecule has 0 aliphatic heterocycles. The van der Waals surface area contributed by atoms with Crippen molar-refractivity contribution in [2.45, 2.75) is 19.9 Å². The van der Waals surface area contributed by atoms with E-state index in [0.29, 0.717) is 22.8 Å². The van der Waals surface area contributed by atoms with Crippen molar-refractivity contribution in [3.8, 4) is 23.1 Å². The van der Waals surface area contributed by atoms with Gasteiger partial charge in [-0.2, -0.15) is 5.10 Å². The highest BCUT2D eigenvalue weighted by Gasteiger charge is 2.16. The molecule has 1 N–H and O–H groups in total. The molecule has 26 heavy (non-hydrogen) atoms. The number of anilines is 1. The van der Waals surface area contributed by atoms with Gasteiger partial charge in [-0.1, -0.05) is 5.10 Å². The summed E-state index contributed by atoms with van der Waals surface area (Å²) in [5.74, 6) is 0.802. The summed E-state index contributed by atoms with van der Waals surface area (Å²) in [6, 6.07) is 6.79. The lowest BCUT2D eigenvalue weighted by atomic mass is 10.2. The van der Waals surface area contributed by atoms with Crippen LogP contribution in [0.1, 0.15) is 30.2 Å². The van der Waals surface area contributed by atoms with E-state index in [1.54, 1.807) is 28.9 Å². The first kappa shape index (κ1) is 17.5. The van der Waals surface area contributed by atoms with Crippen molar-refractivity contribution < 1.29 is 18.7 Å². The normalized spacial score (nSPS) is 10.8. The number of methoxy groups -OCH3 is 2. The van der Waals surface area contributed by atoms with Gasteiger partial charge in [-0.05, 0) is 38.1 Å². The van der Waals surface area contributed by atoms with Crippen molar-refractivity contribution in [1.29, 1.82) is 0 Å². The Morgan fingerprint density at radius 1 is 1.15 bits per heavy atom. The molecule has 9 heteroatoms. The maximum absolute atomic E-state index is 12.4. The fourth-order valence-corrected chi connectivity index (χ4v) is 2.26. The number of nitrogens with zero attached hydrogens (tertiary/aromatic N) is 4. The molecule has 3 rings (SSSR count). The average Bonchev–Trinajstić information content (AvgIpc) is 3.30. The second kappa shape index (κ2) is 7.26. The predicted molar refractivity (Wildman–Crippen MR) is 93.4 cm³/mol. The van der Waals surface area contributed by atoms with Gasteiger partial charge in [0.1, 0.15) is 5.69 Å². The number of ether oxygens (including phenoxy) is 2. The minimum Gasteiger partial charge on any atom is -0.493 e. The van der Waals surface area contributed by atoms with Gasteiger partial charge in [-0.3, -0.25) is 14.8 Å². The molecule has 0 unspecified atom stereocenters. The zero-order valence-corrected chi connectivity index (χ0v) is 14.9. The van der Waals surface area contributed by atoms with E-state index in [2.05, 4.69) is 20.6 Å². The standard InChI is InChI=1S/C17H19N5O4/c1-10(2)22-8-7-12(21-22)16-19-20-17(26-16)18-15(23)11-5-6-13(24-3)14(9-11)25-4/h5-10H,1-4H3,(H,18,20,23). The monoisotopic (exact) mass is 357 g/mol. The molecule has 0 bridgehead atoms. The van der Waals surface area contributed by atoms with Gasteiger partial charge in [-0.15, -0.1) is 5.10 Å². The van der Waals surface area contributed by atoms with E-state index in [-0.39, 0.29) is 17.9 Å². The van der Waals surface area contributed by atoms with Crippen LogP contribution in [0.15, 0.2) is 34.9 Å². The summed E-state index contributed by atoms with van der Waals surface area (Å²) >= 11 is 0. The number of benzene rings is 1. The number of rotatable bonds is 6. The van der Waals surface area contributed by atoms with Crippen LogP contribution in [0.5, 0.6) is 11.5 Å². The molecule has 0 atom stereocenters. The molecule has 0 aliphatic carbocycles. The highest BCUT2D eigenvalue weighted by atomic mass is 16.5. The van der Waals surface area contributed by atoms with E-state index < -0.39 is 5.91 Å². The first-order chi connectivity index (χ1) is 12.5. The van der Waals surface area contributed by atoms with Gasteiger partial charge in [0, 0.05) is 17.8 Å². The van der Waals surface area contributed by atoms with Crippen LogP contribution in [-0.2, 0) is 0 Å². The molecule has 1 aromatic carbocycles. The molecule has 0 saturated heterocycles. The number of carbonyl (C=O) groups excluding carboxylic acids is 1. The van der Waals surface area contributed by atoms with Gasteiger partial charge < -0.3 is 13.9 Å². The summed E-state index contributed by atoms with van der Waals surface area (Å²) in [5, 5.41) is 14.7. The van der Waals surface area contributed by atoms with Crippen LogP contribution in [-0.4, -0.2) is 40.1 Å². The summed E-state index contributed by atoms with van der Waals surface area (Å²) in [4.78, 5) is 12.4. The van der Waals surface area contributed by atoms with E-state index in [1.165, 1.54) is 14.2 Å². The molecular formula is C17H19N5O4. The third-order valence-electron chi connectivity index (χ3n) is 3.65. The number of hydrogen-bond acceptors (Lipinski definition) is 7. The molecule has 0 spiro atoms. The minimum atomic E-state index is -0.408. The lowest BCUT2D eigenvalue weighted by Gasteiger charge is -2.08. The molecule has 0 saturated carbocycles. The van der Waals surface area contributed by atoms with Crippen LogP contribution in [0.3, 0.4) is 0 Å². The molecule has 9 nitrogen and oxygen atoms in total. The smallest absolute Gasteiger partial charge is 0.322 e. The second-order valence-corrected chi connectivity index (χ2v) is 5.71. The Labute approximate surface area is 149 Å². The lowest BCUT2D eigenvalue weighted by molar-refractivity contribution is 0.102. The Balaban J connectivity index is 1.75. The molecule has 2 aromatic heterocycles. The Kier molecular flexibility index (Phi) is 4.87. The van der Waals surface area contributed by atoms with Crippen molar-refractivity contribution >= 4 is 11.9 Å². The second-order valence-electron chi connectivity index (χ2n) is 5.71. The summed E-state index contributed by atoms with van der Waals surface area (Å²) in [7, 11) is 3.03. The first-order valence-corrected chi connectivity index (χ1v) is 7.94. The quantitative estimate of drug-likeness (QED) is 0.723. The minimum absolute atomic E-state index is 0.0149. The molecule has 0 fully saturated rings.